The van der Waals surface area contributed by atoms with Crippen molar-refractivity contribution in [2.24, 2.45) is 5.84 Å². The fraction of sp³-hybridized carbons (Fsp3) is 0.167. The van der Waals surface area contributed by atoms with Crippen LogP contribution in [0.2, 0.25) is 0 Å². The van der Waals surface area contributed by atoms with Crippen molar-refractivity contribution in [3.05, 3.63) is 40.1 Å². The molecule has 0 atom stereocenters. The molecule has 0 aliphatic rings. The van der Waals surface area contributed by atoms with Crippen LogP contribution in [0.1, 0.15) is 5.69 Å². The number of ether oxygens (including phenoxy) is 1. The fourth-order valence-electron chi connectivity index (χ4n) is 1.66. The summed E-state index contributed by atoms with van der Waals surface area (Å²) in [6.45, 7) is 1.54. The first-order chi connectivity index (χ1) is 10.0. The number of rotatable bonds is 5. The number of methoxy groups -OCH3 is 1. The Morgan fingerprint density at radius 3 is 2.81 bits per heavy atom. The zero-order chi connectivity index (χ0) is 15.4. The lowest BCUT2D eigenvalue weighted by molar-refractivity contribution is -0.389. The highest BCUT2D eigenvalue weighted by Gasteiger charge is 2.22. The van der Waals surface area contributed by atoms with Crippen molar-refractivity contribution in [3.8, 4) is 5.75 Å². The number of nitrogens with one attached hydrogen (secondary N) is 1. The Bertz CT molecular complexity index is 680. The van der Waals surface area contributed by atoms with Gasteiger partial charge in [-0.3, -0.25) is 15.5 Å². The van der Waals surface area contributed by atoms with Gasteiger partial charge in [-0.15, -0.1) is 0 Å². The molecule has 0 saturated heterocycles. The van der Waals surface area contributed by atoms with Crippen LogP contribution in [0.5, 0.6) is 5.75 Å². The number of hydrazine groups is 1. The molecule has 8 nitrogen and oxygen atoms in total. The summed E-state index contributed by atoms with van der Waals surface area (Å²) in [6, 6.07) is 7.16. The summed E-state index contributed by atoms with van der Waals surface area (Å²) in [4.78, 5) is 19.4. The van der Waals surface area contributed by atoms with Crippen LogP contribution in [0.4, 0.5) is 11.6 Å². The van der Waals surface area contributed by atoms with Crippen LogP contribution >= 0.6 is 11.8 Å². The van der Waals surface area contributed by atoms with E-state index in [1.165, 1.54) is 6.92 Å². The average Bonchev–Trinajstić information content (AvgIpc) is 2.46. The van der Waals surface area contributed by atoms with Gasteiger partial charge in [-0.25, -0.2) is 10.8 Å². The molecular weight excluding hydrogens is 294 g/mol. The monoisotopic (exact) mass is 307 g/mol. The van der Waals surface area contributed by atoms with Crippen molar-refractivity contribution in [2.75, 3.05) is 12.5 Å². The number of aromatic nitrogens is 2. The lowest BCUT2D eigenvalue weighted by atomic mass is 10.3. The fourth-order valence-corrected chi connectivity index (χ4v) is 2.66. The molecule has 0 aliphatic heterocycles. The Kier molecular flexibility index (Phi) is 4.55. The minimum absolute atomic E-state index is 0.128. The largest absolute Gasteiger partial charge is 0.497 e. The quantitative estimate of drug-likeness (QED) is 0.373. The standard InChI is InChI=1S/C12H13N5O3S/c1-7-10(17(18)19)11(15-12(14-7)16-13)21-9-5-3-4-8(6-9)20-2/h3-6H,13H2,1-2H3,(H,14,15,16). The summed E-state index contributed by atoms with van der Waals surface area (Å²) in [5.41, 5.74) is 2.41. The van der Waals surface area contributed by atoms with E-state index in [1.807, 2.05) is 6.07 Å². The predicted octanol–water partition coefficient (Wildman–Crippen LogP) is 2.14. The number of nitrogens with zero attached hydrogens (tertiary/aromatic N) is 3. The number of aryl methyl sites for hydroxylation is 1. The van der Waals surface area contributed by atoms with Gasteiger partial charge in [-0.1, -0.05) is 17.8 Å². The molecule has 1 heterocycles. The molecule has 0 unspecified atom stereocenters. The lowest BCUT2D eigenvalue weighted by Crippen LogP contribution is -2.12. The molecule has 21 heavy (non-hydrogen) atoms. The van der Waals surface area contributed by atoms with Gasteiger partial charge < -0.3 is 4.74 Å². The minimum Gasteiger partial charge on any atom is -0.497 e. The van der Waals surface area contributed by atoms with E-state index in [0.29, 0.717) is 5.75 Å². The van der Waals surface area contributed by atoms with Gasteiger partial charge in [0.2, 0.25) is 5.95 Å². The second-order valence-electron chi connectivity index (χ2n) is 3.97. The molecule has 0 fully saturated rings. The summed E-state index contributed by atoms with van der Waals surface area (Å²) in [7, 11) is 1.55. The molecule has 1 aromatic heterocycles. The van der Waals surface area contributed by atoms with Crippen LogP contribution in [0.15, 0.2) is 34.2 Å². The topological polar surface area (TPSA) is 116 Å². The van der Waals surface area contributed by atoms with Crippen LogP contribution in [-0.2, 0) is 0 Å². The maximum atomic E-state index is 11.2. The molecule has 0 spiro atoms. The Balaban J connectivity index is 2.46. The third kappa shape index (κ3) is 3.38. The maximum Gasteiger partial charge on any atom is 0.322 e. The Labute approximate surface area is 124 Å². The van der Waals surface area contributed by atoms with Gasteiger partial charge in [0.05, 0.1) is 12.0 Å². The van der Waals surface area contributed by atoms with Crippen molar-refractivity contribution >= 4 is 23.4 Å². The number of nitrogen functional groups attached to an aromatic ring is 1. The number of hydrogen-bond donors (Lipinski definition) is 2. The Morgan fingerprint density at radius 1 is 1.43 bits per heavy atom. The molecule has 9 heteroatoms. The van der Waals surface area contributed by atoms with Crippen LogP contribution in [0.3, 0.4) is 0 Å². The molecule has 0 saturated carbocycles. The summed E-state index contributed by atoms with van der Waals surface area (Å²) in [5.74, 6) is 6.06. The first-order valence-corrected chi connectivity index (χ1v) is 6.68. The van der Waals surface area contributed by atoms with E-state index in [-0.39, 0.29) is 22.4 Å². The maximum absolute atomic E-state index is 11.2. The zero-order valence-electron chi connectivity index (χ0n) is 11.4. The minimum atomic E-state index is -0.502. The van der Waals surface area contributed by atoms with Crippen LogP contribution in [0, 0.1) is 17.0 Å². The number of anilines is 1. The van der Waals surface area contributed by atoms with Crippen molar-refractivity contribution in [2.45, 2.75) is 16.8 Å². The summed E-state index contributed by atoms with van der Waals surface area (Å²) in [6.07, 6.45) is 0. The smallest absolute Gasteiger partial charge is 0.322 e. The first kappa shape index (κ1) is 15.0. The van der Waals surface area contributed by atoms with E-state index < -0.39 is 4.92 Å². The molecule has 3 N–H and O–H groups in total. The van der Waals surface area contributed by atoms with Gasteiger partial charge >= 0.3 is 5.69 Å². The van der Waals surface area contributed by atoms with Gasteiger partial charge in [-0.2, -0.15) is 4.98 Å². The van der Waals surface area contributed by atoms with Crippen molar-refractivity contribution < 1.29 is 9.66 Å². The van der Waals surface area contributed by atoms with E-state index in [1.54, 1.807) is 25.3 Å². The first-order valence-electron chi connectivity index (χ1n) is 5.86. The van der Waals surface area contributed by atoms with Gasteiger partial charge in [0, 0.05) is 4.90 Å². The molecule has 2 rings (SSSR count). The SMILES string of the molecule is COc1cccc(Sc2nc(NN)nc(C)c2[N+](=O)[O-])c1. The summed E-state index contributed by atoms with van der Waals surface area (Å²) in [5, 5.41) is 11.4. The highest BCUT2D eigenvalue weighted by molar-refractivity contribution is 7.99. The molecule has 110 valence electrons. The van der Waals surface area contributed by atoms with Gasteiger partial charge in [0.15, 0.2) is 5.03 Å². The van der Waals surface area contributed by atoms with E-state index in [0.717, 1.165) is 16.7 Å². The van der Waals surface area contributed by atoms with Gasteiger partial charge in [-0.05, 0) is 25.1 Å². The molecule has 0 amide bonds. The van der Waals surface area contributed by atoms with E-state index in [4.69, 9.17) is 10.6 Å². The zero-order valence-corrected chi connectivity index (χ0v) is 12.2. The predicted molar refractivity (Wildman–Crippen MR) is 78.4 cm³/mol. The van der Waals surface area contributed by atoms with Crippen LogP contribution in [-0.4, -0.2) is 22.0 Å². The lowest BCUT2D eigenvalue weighted by Gasteiger charge is -2.07. The highest BCUT2D eigenvalue weighted by atomic mass is 32.2. The second kappa shape index (κ2) is 6.37. The van der Waals surface area contributed by atoms with Crippen LogP contribution < -0.4 is 16.0 Å². The summed E-state index contributed by atoms with van der Waals surface area (Å²) >= 11 is 1.15. The molecule has 0 radical (unpaired) electrons. The van der Waals surface area contributed by atoms with E-state index in [2.05, 4.69) is 15.4 Å². The third-order valence-corrected chi connectivity index (χ3v) is 3.56. The second-order valence-corrected chi connectivity index (χ2v) is 5.03. The number of nitro groups is 1. The number of nitrogens with two attached hydrogens (primary N) is 1. The van der Waals surface area contributed by atoms with Gasteiger partial charge in [0.25, 0.3) is 0 Å². The Hall–Kier alpha value is -2.39. The van der Waals surface area contributed by atoms with Gasteiger partial charge in [0.1, 0.15) is 11.4 Å². The highest BCUT2D eigenvalue weighted by Crippen LogP contribution is 2.36. The number of hydrogen-bond acceptors (Lipinski definition) is 8. The Morgan fingerprint density at radius 2 is 2.19 bits per heavy atom. The van der Waals surface area contributed by atoms with E-state index in [9.17, 15) is 10.1 Å². The van der Waals surface area contributed by atoms with E-state index >= 15 is 0 Å². The van der Waals surface area contributed by atoms with Crippen molar-refractivity contribution in [1.82, 2.24) is 9.97 Å². The van der Waals surface area contributed by atoms with Crippen LogP contribution in [0.25, 0.3) is 0 Å². The van der Waals surface area contributed by atoms with Crippen molar-refractivity contribution in [3.63, 3.8) is 0 Å². The molecule has 0 aliphatic carbocycles. The number of benzene rings is 1. The molecule has 1 aromatic carbocycles. The normalized spacial score (nSPS) is 10.2. The average molecular weight is 307 g/mol. The molecular formula is C12H13N5O3S. The molecule has 0 bridgehead atoms. The molecule has 2 aromatic rings. The summed E-state index contributed by atoms with van der Waals surface area (Å²) < 4.78 is 5.13. The van der Waals surface area contributed by atoms with Crippen molar-refractivity contribution in [1.29, 1.82) is 0 Å². The third-order valence-electron chi connectivity index (χ3n) is 2.59.